The molecule has 3 unspecified atom stereocenters. The Morgan fingerprint density at radius 2 is 1.83 bits per heavy atom. The molecule has 1 aromatic heterocycles. The minimum atomic E-state index is -1.58. The maximum atomic E-state index is 13.3. The summed E-state index contributed by atoms with van der Waals surface area (Å²) in [6.45, 7) is 7.94. The van der Waals surface area contributed by atoms with E-state index in [-0.39, 0.29) is 12.0 Å². The van der Waals surface area contributed by atoms with Gasteiger partial charge in [0.15, 0.2) is 0 Å². The lowest BCUT2D eigenvalue weighted by Gasteiger charge is -2.27. The number of carbonyl (C=O) groups is 2. The summed E-state index contributed by atoms with van der Waals surface area (Å²) in [4.78, 5) is 38.8. The Kier molecular flexibility index (Phi) is 10.2. The normalized spacial score (nSPS) is 14.1. The molecule has 1 aromatic carbocycles. The van der Waals surface area contributed by atoms with E-state index in [9.17, 15) is 23.9 Å². The molecule has 3 atom stereocenters. The summed E-state index contributed by atoms with van der Waals surface area (Å²) in [5.74, 6) is -2.03. The van der Waals surface area contributed by atoms with E-state index in [1.54, 1.807) is 51.4 Å². The van der Waals surface area contributed by atoms with E-state index in [1.807, 2.05) is 30.3 Å². The molecule has 0 saturated carbocycles. The average molecular weight is 489 g/mol. The van der Waals surface area contributed by atoms with Crippen LogP contribution in [0.25, 0.3) is 0 Å². The molecule has 0 saturated heterocycles. The van der Waals surface area contributed by atoms with Crippen molar-refractivity contribution in [3.05, 3.63) is 69.6 Å². The van der Waals surface area contributed by atoms with Gasteiger partial charge in [0.2, 0.25) is 5.91 Å². The highest BCUT2D eigenvalue weighted by molar-refractivity contribution is 5.84. The van der Waals surface area contributed by atoms with Gasteiger partial charge in [-0.2, -0.15) is 0 Å². The molecule has 2 rings (SSSR count). The van der Waals surface area contributed by atoms with Gasteiger partial charge in [-0.15, -0.1) is 0 Å². The number of rotatable bonds is 11. The molecule has 7 nitrogen and oxygen atoms in total. The molecule has 2 N–H and O–H groups in total. The average Bonchev–Trinajstić information content (AvgIpc) is 2.79. The molecule has 1 heterocycles. The third-order valence-electron chi connectivity index (χ3n) is 5.73. The summed E-state index contributed by atoms with van der Waals surface area (Å²) >= 11 is 0. The van der Waals surface area contributed by atoms with Crippen molar-refractivity contribution in [2.24, 2.45) is 0 Å². The van der Waals surface area contributed by atoms with E-state index < -0.39 is 42.2 Å². The second-order valence-electron chi connectivity index (χ2n) is 9.73. The predicted octanol–water partition coefficient (Wildman–Crippen LogP) is 3.44. The van der Waals surface area contributed by atoms with Crippen LogP contribution in [0.1, 0.15) is 63.1 Å². The van der Waals surface area contributed by atoms with E-state index in [0.717, 1.165) is 5.56 Å². The number of aliphatic hydroxyl groups is 1. The van der Waals surface area contributed by atoms with E-state index in [2.05, 4.69) is 5.32 Å². The second-order valence-corrected chi connectivity index (χ2v) is 9.73. The molecule has 192 valence electrons. The van der Waals surface area contributed by atoms with Crippen LogP contribution in [0.3, 0.4) is 0 Å². The van der Waals surface area contributed by atoms with Gasteiger partial charge in [0.05, 0.1) is 18.4 Å². The summed E-state index contributed by atoms with van der Waals surface area (Å²) < 4.78 is 20.1. The number of esters is 1. The lowest BCUT2D eigenvalue weighted by Crippen LogP contribution is -2.48. The number of aromatic nitrogens is 1. The Labute approximate surface area is 206 Å². The minimum Gasteiger partial charge on any atom is -0.460 e. The maximum Gasteiger partial charge on any atom is 0.308 e. The number of nitrogens with zero attached hydrogens (tertiary/aromatic N) is 1. The first-order valence-corrected chi connectivity index (χ1v) is 12.0. The number of pyridine rings is 1. The Morgan fingerprint density at radius 1 is 1.17 bits per heavy atom. The highest BCUT2D eigenvalue weighted by Gasteiger charge is 2.31. The number of aryl methyl sites for hydroxylation is 3. The van der Waals surface area contributed by atoms with Crippen LogP contribution in [-0.2, 0) is 27.3 Å². The van der Waals surface area contributed by atoms with E-state index in [4.69, 9.17) is 4.74 Å². The van der Waals surface area contributed by atoms with Crippen LogP contribution >= 0.6 is 0 Å². The van der Waals surface area contributed by atoms with Gasteiger partial charge in [0.1, 0.15) is 18.4 Å². The monoisotopic (exact) mass is 488 g/mol. The zero-order valence-electron chi connectivity index (χ0n) is 21.2. The topological polar surface area (TPSA) is 97.6 Å². The van der Waals surface area contributed by atoms with E-state index in [0.29, 0.717) is 30.5 Å². The van der Waals surface area contributed by atoms with Crippen LogP contribution in [0, 0.1) is 6.92 Å². The molecular formula is C27H37FN2O5. The first-order chi connectivity index (χ1) is 16.5. The SMILES string of the molecule is CCC(C(=O)NC(CC(=O)OC(C)(C)C)C(O)CF)c1c(C)ccn(CCc2ccccc2)c1=O. The maximum absolute atomic E-state index is 13.3. The van der Waals surface area contributed by atoms with Gasteiger partial charge in [-0.25, -0.2) is 4.39 Å². The number of carbonyl (C=O) groups excluding carboxylic acids is 2. The van der Waals surface area contributed by atoms with E-state index in [1.165, 1.54) is 0 Å². The molecule has 2 aromatic rings. The Bertz CT molecular complexity index is 1050. The van der Waals surface area contributed by atoms with E-state index >= 15 is 0 Å². The molecular weight excluding hydrogens is 451 g/mol. The third kappa shape index (κ3) is 8.31. The third-order valence-corrected chi connectivity index (χ3v) is 5.73. The highest BCUT2D eigenvalue weighted by atomic mass is 19.1. The highest BCUT2D eigenvalue weighted by Crippen LogP contribution is 2.21. The van der Waals surface area contributed by atoms with Crippen molar-refractivity contribution < 1.29 is 23.8 Å². The number of nitrogens with one attached hydrogen (secondary N) is 1. The molecule has 8 heteroatoms. The minimum absolute atomic E-state index is 0.266. The Balaban J connectivity index is 2.25. The molecule has 35 heavy (non-hydrogen) atoms. The molecule has 0 fully saturated rings. The number of ether oxygens (including phenoxy) is 1. The fraction of sp³-hybridized carbons (Fsp3) is 0.519. The summed E-state index contributed by atoms with van der Waals surface area (Å²) in [5.41, 5.74) is 1.09. The van der Waals surface area contributed by atoms with Gasteiger partial charge in [0, 0.05) is 18.3 Å². The predicted molar refractivity (Wildman–Crippen MR) is 133 cm³/mol. The molecule has 0 spiro atoms. The lowest BCUT2D eigenvalue weighted by atomic mass is 9.92. The van der Waals surface area contributed by atoms with Gasteiger partial charge in [-0.05, 0) is 57.7 Å². The van der Waals surface area contributed by atoms with Crippen LogP contribution < -0.4 is 10.9 Å². The fourth-order valence-electron chi connectivity index (χ4n) is 3.93. The van der Waals surface area contributed by atoms with Crippen LogP contribution in [0.5, 0.6) is 0 Å². The number of aliphatic hydroxyl groups excluding tert-OH is 1. The number of halogens is 1. The molecule has 0 aliphatic rings. The van der Waals surface area contributed by atoms with Crippen molar-refractivity contribution >= 4 is 11.9 Å². The Hall–Kier alpha value is -3.00. The van der Waals surface area contributed by atoms with Crippen LogP contribution in [0.2, 0.25) is 0 Å². The zero-order valence-corrected chi connectivity index (χ0v) is 21.2. The zero-order chi connectivity index (χ0) is 26.2. The van der Waals surface area contributed by atoms with Gasteiger partial charge < -0.3 is 19.7 Å². The summed E-state index contributed by atoms with van der Waals surface area (Å²) in [7, 11) is 0. The van der Waals surface area contributed by atoms with Gasteiger partial charge in [0.25, 0.3) is 5.56 Å². The van der Waals surface area contributed by atoms with Gasteiger partial charge in [-0.1, -0.05) is 37.3 Å². The number of alkyl halides is 1. The van der Waals surface area contributed by atoms with Gasteiger partial charge in [-0.3, -0.25) is 14.4 Å². The van der Waals surface area contributed by atoms with Crippen LogP contribution in [-0.4, -0.2) is 46.0 Å². The van der Waals surface area contributed by atoms with Crippen molar-refractivity contribution in [1.82, 2.24) is 9.88 Å². The smallest absolute Gasteiger partial charge is 0.308 e. The first kappa shape index (κ1) is 28.2. The first-order valence-electron chi connectivity index (χ1n) is 12.0. The standard InChI is InChI=1S/C27H37FN2O5/c1-6-20(25(33)29-21(22(31)17-28)16-23(32)35-27(3,4)5)24-18(2)12-14-30(26(24)34)15-13-19-10-8-7-9-11-19/h7-12,14,20-22,31H,6,13,15-17H2,1-5H3,(H,29,33). The number of hydrogen-bond donors (Lipinski definition) is 2. The second kappa shape index (κ2) is 12.6. The van der Waals surface area contributed by atoms with Crippen molar-refractivity contribution in [3.63, 3.8) is 0 Å². The molecule has 0 aliphatic heterocycles. The van der Waals surface area contributed by atoms with Crippen LogP contribution in [0.15, 0.2) is 47.4 Å². The van der Waals surface area contributed by atoms with Crippen molar-refractivity contribution in [2.45, 2.75) is 84.1 Å². The Morgan fingerprint density at radius 3 is 2.40 bits per heavy atom. The summed E-state index contributed by atoms with van der Waals surface area (Å²) in [6, 6.07) is 10.4. The summed E-state index contributed by atoms with van der Waals surface area (Å²) in [6.07, 6.45) is 0.720. The van der Waals surface area contributed by atoms with Crippen molar-refractivity contribution in [3.8, 4) is 0 Å². The summed E-state index contributed by atoms with van der Waals surface area (Å²) in [5, 5.41) is 12.7. The van der Waals surface area contributed by atoms with Gasteiger partial charge >= 0.3 is 5.97 Å². The molecule has 0 bridgehead atoms. The largest absolute Gasteiger partial charge is 0.460 e. The number of hydrogen-bond acceptors (Lipinski definition) is 5. The lowest BCUT2D eigenvalue weighted by molar-refractivity contribution is -0.156. The molecule has 1 amide bonds. The fourth-order valence-corrected chi connectivity index (χ4v) is 3.93. The quantitative estimate of drug-likeness (QED) is 0.472. The molecule has 0 radical (unpaired) electrons. The number of amides is 1. The van der Waals surface area contributed by atoms with Crippen molar-refractivity contribution in [1.29, 1.82) is 0 Å². The molecule has 0 aliphatic carbocycles. The van der Waals surface area contributed by atoms with Crippen LogP contribution in [0.4, 0.5) is 4.39 Å². The van der Waals surface area contributed by atoms with Crippen molar-refractivity contribution in [2.75, 3.05) is 6.67 Å². The number of benzene rings is 1.